The number of aryl methyl sites for hydroxylation is 3. The quantitative estimate of drug-likeness (QED) is 0.233. The molecule has 0 atom stereocenters. The van der Waals surface area contributed by atoms with Gasteiger partial charge in [0.15, 0.2) is 0 Å². The Morgan fingerprint density at radius 3 is 2.35 bits per heavy atom. The van der Waals surface area contributed by atoms with Crippen molar-refractivity contribution < 1.29 is 4.74 Å². The fraction of sp³-hybridized carbons (Fsp3) is 0.118. The molecule has 8 rings (SSSR count). The van der Waals surface area contributed by atoms with Gasteiger partial charge in [-0.25, -0.2) is 0 Å². The summed E-state index contributed by atoms with van der Waals surface area (Å²) in [5.74, 6) is 0.942. The van der Waals surface area contributed by atoms with Crippen molar-refractivity contribution in [1.82, 2.24) is 4.40 Å². The van der Waals surface area contributed by atoms with Gasteiger partial charge in [-0.05, 0) is 90.2 Å². The average molecular weight is 496 g/mol. The summed E-state index contributed by atoms with van der Waals surface area (Å²) in [5.41, 5.74) is 10.3. The van der Waals surface area contributed by atoms with Crippen molar-refractivity contribution in [3.63, 3.8) is 0 Å². The smallest absolute Gasteiger partial charge is 0.129 e. The predicted octanol–water partition coefficient (Wildman–Crippen LogP) is 9.81. The van der Waals surface area contributed by atoms with Gasteiger partial charge in [0.2, 0.25) is 0 Å². The molecular weight excluding hydrogens is 470 g/mol. The van der Waals surface area contributed by atoms with Crippen LogP contribution in [-0.2, 0) is 0 Å². The van der Waals surface area contributed by atoms with Crippen LogP contribution in [0.25, 0.3) is 69.4 Å². The van der Waals surface area contributed by atoms with E-state index < -0.39 is 0 Å². The molecule has 5 aromatic carbocycles. The first kappa shape index (κ1) is 21.0. The van der Waals surface area contributed by atoms with Crippen molar-refractivity contribution in [2.24, 2.45) is 0 Å². The van der Waals surface area contributed by atoms with Crippen molar-refractivity contribution in [3.8, 4) is 16.9 Å². The maximum absolute atomic E-state index is 5.94. The number of thiophene rings is 1. The Labute approximate surface area is 218 Å². The van der Waals surface area contributed by atoms with E-state index in [1.54, 1.807) is 7.11 Å². The van der Waals surface area contributed by atoms with Crippen LogP contribution in [0, 0.1) is 20.8 Å². The number of methoxy groups -OCH3 is 1. The Bertz CT molecular complexity index is 2190. The molecule has 0 unspecified atom stereocenters. The molecule has 3 heterocycles. The topological polar surface area (TPSA) is 13.6 Å². The first-order valence-corrected chi connectivity index (χ1v) is 13.5. The summed E-state index contributed by atoms with van der Waals surface area (Å²) in [4.78, 5) is 0. The Hall–Kier alpha value is -4.08. The lowest BCUT2D eigenvalue weighted by atomic mass is 9.95. The molecule has 0 radical (unpaired) electrons. The van der Waals surface area contributed by atoms with Crippen LogP contribution in [0.15, 0.2) is 78.9 Å². The summed E-state index contributed by atoms with van der Waals surface area (Å²) in [6.07, 6.45) is 0. The Kier molecular flexibility index (Phi) is 4.12. The number of rotatable bonds is 2. The van der Waals surface area contributed by atoms with Gasteiger partial charge in [-0.15, -0.1) is 11.3 Å². The predicted molar refractivity (Wildman–Crippen MR) is 160 cm³/mol. The molecule has 0 spiro atoms. The maximum atomic E-state index is 5.94. The van der Waals surface area contributed by atoms with E-state index in [1.165, 1.54) is 86.1 Å². The molecule has 0 saturated heterocycles. The van der Waals surface area contributed by atoms with Gasteiger partial charge < -0.3 is 9.14 Å². The highest BCUT2D eigenvalue weighted by Crippen LogP contribution is 2.49. The van der Waals surface area contributed by atoms with E-state index in [0.717, 1.165) is 5.75 Å². The Balaban J connectivity index is 1.60. The second-order valence-electron chi connectivity index (χ2n) is 10.4. The molecule has 0 aliphatic heterocycles. The summed E-state index contributed by atoms with van der Waals surface area (Å²) in [6, 6.07) is 29.4. The lowest BCUT2D eigenvalue weighted by molar-refractivity contribution is 0.420. The van der Waals surface area contributed by atoms with Crippen LogP contribution in [-0.4, -0.2) is 11.5 Å². The lowest BCUT2D eigenvalue weighted by Gasteiger charge is -2.10. The lowest BCUT2D eigenvalue weighted by Crippen LogP contribution is -1.88. The Morgan fingerprint density at radius 2 is 1.54 bits per heavy atom. The van der Waals surface area contributed by atoms with Crippen molar-refractivity contribution in [1.29, 1.82) is 0 Å². The molecule has 0 N–H and O–H groups in total. The second kappa shape index (κ2) is 7.24. The van der Waals surface area contributed by atoms with Crippen LogP contribution < -0.4 is 4.74 Å². The summed E-state index contributed by atoms with van der Waals surface area (Å²) >= 11 is 1.88. The van der Waals surface area contributed by atoms with Crippen LogP contribution in [0.1, 0.15) is 16.7 Å². The number of fused-ring (bicyclic) bond motifs is 9. The fourth-order valence-corrected chi connectivity index (χ4v) is 7.69. The van der Waals surface area contributed by atoms with E-state index in [-0.39, 0.29) is 0 Å². The van der Waals surface area contributed by atoms with Gasteiger partial charge in [-0.2, -0.15) is 0 Å². The SMILES string of the molecule is COc1ccc2c3cc4ccc(C)cc4cc3n3c4c5cc(-c6c(C)cccc6C)ccc5sc4c1c23. The normalized spacial score (nSPS) is 12.3. The van der Waals surface area contributed by atoms with Gasteiger partial charge in [0, 0.05) is 20.9 Å². The first-order chi connectivity index (χ1) is 18.0. The monoisotopic (exact) mass is 495 g/mol. The third-order valence-corrected chi connectivity index (χ3v) is 9.28. The van der Waals surface area contributed by atoms with Gasteiger partial charge in [0.1, 0.15) is 5.75 Å². The Morgan fingerprint density at radius 1 is 0.703 bits per heavy atom. The molecule has 2 nitrogen and oxygen atoms in total. The molecule has 0 aliphatic rings. The summed E-state index contributed by atoms with van der Waals surface area (Å²) < 4.78 is 11.1. The highest BCUT2D eigenvalue weighted by atomic mass is 32.1. The average Bonchev–Trinajstić information content (AvgIpc) is 3.52. The molecule has 3 aromatic heterocycles. The molecule has 0 fully saturated rings. The minimum atomic E-state index is 0.942. The number of aromatic nitrogens is 1. The van der Waals surface area contributed by atoms with E-state index in [4.69, 9.17) is 4.74 Å². The molecule has 3 heteroatoms. The van der Waals surface area contributed by atoms with Crippen molar-refractivity contribution in [3.05, 3.63) is 95.6 Å². The van der Waals surface area contributed by atoms with Crippen LogP contribution in [0.5, 0.6) is 5.75 Å². The number of benzene rings is 5. The van der Waals surface area contributed by atoms with E-state index >= 15 is 0 Å². The van der Waals surface area contributed by atoms with Gasteiger partial charge in [-0.1, -0.05) is 48.0 Å². The first-order valence-electron chi connectivity index (χ1n) is 12.7. The zero-order chi connectivity index (χ0) is 25.0. The van der Waals surface area contributed by atoms with Crippen molar-refractivity contribution in [2.45, 2.75) is 20.8 Å². The summed E-state index contributed by atoms with van der Waals surface area (Å²) in [6.45, 7) is 6.59. The molecule has 0 aliphatic carbocycles. The van der Waals surface area contributed by atoms with Crippen molar-refractivity contribution >= 4 is 69.6 Å². The second-order valence-corrected chi connectivity index (χ2v) is 11.4. The summed E-state index contributed by atoms with van der Waals surface area (Å²) in [7, 11) is 1.78. The minimum Gasteiger partial charge on any atom is -0.496 e. The van der Waals surface area contributed by atoms with Gasteiger partial charge in [0.25, 0.3) is 0 Å². The summed E-state index contributed by atoms with van der Waals surface area (Å²) in [5, 5.41) is 7.68. The van der Waals surface area contributed by atoms with Crippen LogP contribution in [0.3, 0.4) is 0 Å². The van der Waals surface area contributed by atoms with Gasteiger partial charge in [0.05, 0.1) is 33.7 Å². The van der Waals surface area contributed by atoms with Gasteiger partial charge in [-0.3, -0.25) is 0 Å². The molecule has 8 aromatic rings. The van der Waals surface area contributed by atoms with E-state index in [0.29, 0.717) is 0 Å². The van der Waals surface area contributed by atoms with E-state index in [9.17, 15) is 0 Å². The molecule has 178 valence electrons. The van der Waals surface area contributed by atoms with E-state index in [2.05, 4.69) is 104 Å². The number of hydrogen-bond donors (Lipinski definition) is 0. The van der Waals surface area contributed by atoms with E-state index in [1.807, 2.05) is 11.3 Å². The highest BCUT2D eigenvalue weighted by molar-refractivity contribution is 7.26. The number of hydrogen-bond acceptors (Lipinski definition) is 2. The zero-order valence-electron chi connectivity index (χ0n) is 21.3. The number of ether oxygens (including phenoxy) is 1. The van der Waals surface area contributed by atoms with Crippen LogP contribution >= 0.6 is 11.3 Å². The minimum absolute atomic E-state index is 0.942. The fourth-order valence-electron chi connectivity index (χ4n) is 6.47. The van der Waals surface area contributed by atoms with Crippen molar-refractivity contribution in [2.75, 3.05) is 7.11 Å². The standard InChI is InChI=1S/C34H25NOS/c1-18-8-9-21-15-25-24-11-12-28(36-4)31-32(24)35(27(25)17-23(21)14-18)33-26-16-22(10-13-29(26)37-34(31)33)30-19(2)6-5-7-20(30)3/h5-17H,1-4H3. The van der Waals surface area contributed by atoms with Gasteiger partial charge >= 0.3 is 0 Å². The molecule has 37 heavy (non-hydrogen) atoms. The molecular formula is C34H25NOS. The third kappa shape index (κ3) is 2.70. The zero-order valence-corrected chi connectivity index (χ0v) is 22.1. The van der Waals surface area contributed by atoms with Crippen LogP contribution in [0.2, 0.25) is 0 Å². The maximum Gasteiger partial charge on any atom is 0.129 e. The third-order valence-electron chi connectivity index (χ3n) is 8.11. The molecule has 0 saturated carbocycles. The largest absolute Gasteiger partial charge is 0.496 e. The highest BCUT2D eigenvalue weighted by Gasteiger charge is 2.24. The number of nitrogens with zero attached hydrogens (tertiary/aromatic N) is 1. The van der Waals surface area contributed by atoms with Crippen LogP contribution in [0.4, 0.5) is 0 Å². The molecule has 0 amide bonds. The molecule has 0 bridgehead atoms.